The van der Waals surface area contributed by atoms with Gasteiger partial charge >= 0.3 is 0 Å². The van der Waals surface area contributed by atoms with Crippen LogP contribution < -0.4 is 11.1 Å². The van der Waals surface area contributed by atoms with E-state index >= 15 is 0 Å². The Balaban J connectivity index is 2.59. The topological polar surface area (TPSA) is 55.1 Å². The highest BCUT2D eigenvalue weighted by Gasteiger charge is 2.37. The largest absolute Gasteiger partial charge is 0.370 e. The third-order valence-corrected chi connectivity index (χ3v) is 2.92. The lowest BCUT2D eigenvalue weighted by molar-refractivity contribution is -0.119. The van der Waals surface area contributed by atoms with Crippen LogP contribution in [0.2, 0.25) is 0 Å². The van der Waals surface area contributed by atoms with Crippen molar-refractivity contribution in [3.8, 4) is 0 Å². The van der Waals surface area contributed by atoms with E-state index in [1.165, 1.54) is 6.42 Å². The van der Waals surface area contributed by atoms with E-state index in [2.05, 4.69) is 19.2 Å². The Bertz CT molecular complexity index is 189. The molecule has 0 radical (unpaired) electrons. The van der Waals surface area contributed by atoms with Crippen molar-refractivity contribution in [2.75, 3.05) is 6.54 Å². The number of nitrogens with one attached hydrogen (secondary N) is 1. The van der Waals surface area contributed by atoms with E-state index in [0.29, 0.717) is 6.42 Å². The van der Waals surface area contributed by atoms with Crippen LogP contribution >= 0.6 is 0 Å². The van der Waals surface area contributed by atoms with Gasteiger partial charge in [-0.1, -0.05) is 13.8 Å². The first-order valence-electron chi connectivity index (χ1n) is 5.11. The van der Waals surface area contributed by atoms with Crippen LogP contribution in [0.15, 0.2) is 0 Å². The summed E-state index contributed by atoms with van der Waals surface area (Å²) in [4.78, 5) is 10.9. The van der Waals surface area contributed by atoms with Crippen molar-refractivity contribution in [2.24, 2.45) is 11.7 Å². The lowest BCUT2D eigenvalue weighted by Crippen LogP contribution is -2.45. The molecule has 0 aromatic rings. The summed E-state index contributed by atoms with van der Waals surface area (Å²) in [7, 11) is 0. The zero-order valence-corrected chi connectivity index (χ0v) is 8.60. The predicted octanol–water partition coefficient (Wildman–Crippen LogP) is 1.03. The molecule has 1 fully saturated rings. The van der Waals surface area contributed by atoms with Crippen molar-refractivity contribution in [1.82, 2.24) is 5.32 Å². The number of primary amides is 1. The Kier molecular flexibility index (Phi) is 3.31. The Morgan fingerprint density at radius 3 is 2.77 bits per heavy atom. The first kappa shape index (κ1) is 10.5. The van der Waals surface area contributed by atoms with Gasteiger partial charge in [0.05, 0.1) is 0 Å². The second-order valence-corrected chi connectivity index (χ2v) is 4.30. The van der Waals surface area contributed by atoms with Gasteiger partial charge in [-0.05, 0) is 31.7 Å². The molecule has 13 heavy (non-hydrogen) atoms. The summed E-state index contributed by atoms with van der Waals surface area (Å²) in [5, 5.41) is 3.42. The second-order valence-electron chi connectivity index (χ2n) is 4.30. The average Bonchev–Trinajstić information content (AvgIpc) is 2.31. The van der Waals surface area contributed by atoms with Gasteiger partial charge in [-0.15, -0.1) is 0 Å². The molecule has 3 nitrogen and oxygen atoms in total. The van der Waals surface area contributed by atoms with E-state index in [1.54, 1.807) is 0 Å². The Morgan fingerprint density at radius 2 is 2.38 bits per heavy atom. The van der Waals surface area contributed by atoms with E-state index in [9.17, 15) is 4.79 Å². The molecule has 1 aliphatic carbocycles. The number of nitrogens with two attached hydrogens (primary N) is 1. The molecule has 0 heterocycles. The van der Waals surface area contributed by atoms with Crippen LogP contribution in [0.4, 0.5) is 0 Å². The van der Waals surface area contributed by atoms with E-state index in [1.807, 2.05) is 0 Å². The van der Waals surface area contributed by atoms with Crippen LogP contribution in [-0.4, -0.2) is 18.0 Å². The molecule has 1 aliphatic rings. The fraction of sp³-hybridized carbons (Fsp3) is 0.900. The predicted molar refractivity (Wildman–Crippen MR) is 53.2 cm³/mol. The third kappa shape index (κ3) is 2.69. The summed E-state index contributed by atoms with van der Waals surface area (Å²) in [5.74, 6) is 0.536. The van der Waals surface area contributed by atoms with Gasteiger partial charge in [-0.25, -0.2) is 0 Å². The van der Waals surface area contributed by atoms with Crippen LogP contribution in [-0.2, 0) is 4.79 Å². The summed E-state index contributed by atoms with van der Waals surface area (Å²) >= 11 is 0. The quantitative estimate of drug-likeness (QED) is 0.685. The van der Waals surface area contributed by atoms with Gasteiger partial charge in [0.1, 0.15) is 0 Å². The summed E-state index contributed by atoms with van der Waals surface area (Å²) in [6.07, 6.45) is 3.88. The minimum atomic E-state index is -0.185. The van der Waals surface area contributed by atoms with Crippen LogP contribution in [0, 0.1) is 5.92 Å². The number of rotatable bonds is 4. The molecule has 0 saturated heterocycles. The summed E-state index contributed by atoms with van der Waals surface area (Å²) in [6.45, 7) is 5.23. The summed E-state index contributed by atoms with van der Waals surface area (Å²) in [5.41, 5.74) is 5.27. The third-order valence-electron chi connectivity index (χ3n) is 2.92. The second kappa shape index (κ2) is 4.09. The van der Waals surface area contributed by atoms with Gasteiger partial charge in [-0.3, -0.25) is 4.79 Å². The smallest absolute Gasteiger partial charge is 0.219 e. The number of amides is 1. The van der Waals surface area contributed by atoms with Gasteiger partial charge < -0.3 is 11.1 Å². The lowest BCUT2D eigenvalue weighted by atomic mass is 9.91. The molecule has 0 bridgehead atoms. The molecule has 3 heteroatoms. The molecule has 0 aromatic heterocycles. The van der Waals surface area contributed by atoms with Crippen LogP contribution in [0.1, 0.15) is 39.5 Å². The molecule has 76 valence electrons. The molecular formula is C10H20N2O. The van der Waals surface area contributed by atoms with Gasteiger partial charge in [0.2, 0.25) is 5.91 Å². The van der Waals surface area contributed by atoms with Gasteiger partial charge in [0, 0.05) is 12.0 Å². The first-order valence-corrected chi connectivity index (χ1v) is 5.11. The summed E-state index contributed by atoms with van der Waals surface area (Å²) in [6, 6.07) is 0. The first-order chi connectivity index (χ1) is 6.08. The van der Waals surface area contributed by atoms with Crippen LogP contribution in [0.3, 0.4) is 0 Å². The number of hydrogen-bond acceptors (Lipinski definition) is 2. The van der Waals surface area contributed by atoms with Crippen molar-refractivity contribution in [3.63, 3.8) is 0 Å². The Hall–Kier alpha value is -0.570. The SMILES string of the molecule is CCNC1(CC(N)=O)CCC(C)C1. The lowest BCUT2D eigenvalue weighted by Gasteiger charge is -2.29. The molecule has 3 N–H and O–H groups in total. The molecule has 2 unspecified atom stereocenters. The van der Waals surface area contributed by atoms with Gasteiger partial charge in [0.25, 0.3) is 0 Å². The molecular weight excluding hydrogens is 164 g/mol. The molecule has 0 spiro atoms. The minimum Gasteiger partial charge on any atom is -0.370 e. The van der Waals surface area contributed by atoms with Crippen LogP contribution in [0.5, 0.6) is 0 Å². The normalized spacial score (nSPS) is 33.5. The number of carbonyl (C=O) groups excluding carboxylic acids is 1. The summed E-state index contributed by atoms with van der Waals surface area (Å²) < 4.78 is 0. The van der Waals surface area contributed by atoms with Crippen molar-refractivity contribution in [1.29, 1.82) is 0 Å². The maximum absolute atomic E-state index is 10.9. The van der Waals surface area contributed by atoms with E-state index < -0.39 is 0 Å². The Labute approximate surface area is 80.1 Å². The zero-order valence-electron chi connectivity index (χ0n) is 8.60. The van der Waals surface area contributed by atoms with E-state index in [4.69, 9.17) is 5.73 Å². The molecule has 1 amide bonds. The highest BCUT2D eigenvalue weighted by molar-refractivity contribution is 5.75. The highest BCUT2D eigenvalue weighted by Crippen LogP contribution is 2.36. The molecule has 2 atom stereocenters. The van der Waals surface area contributed by atoms with Crippen molar-refractivity contribution in [2.45, 2.75) is 45.1 Å². The fourth-order valence-electron chi connectivity index (χ4n) is 2.49. The monoisotopic (exact) mass is 184 g/mol. The maximum atomic E-state index is 10.9. The highest BCUT2D eigenvalue weighted by atomic mass is 16.1. The zero-order chi connectivity index (χ0) is 9.90. The van der Waals surface area contributed by atoms with Crippen molar-refractivity contribution in [3.05, 3.63) is 0 Å². The molecule has 1 rings (SSSR count). The Morgan fingerprint density at radius 1 is 1.69 bits per heavy atom. The van der Waals surface area contributed by atoms with Crippen molar-refractivity contribution < 1.29 is 4.79 Å². The van der Waals surface area contributed by atoms with Crippen molar-refractivity contribution >= 4 is 5.91 Å². The fourth-order valence-corrected chi connectivity index (χ4v) is 2.49. The van der Waals surface area contributed by atoms with Gasteiger partial charge in [0.15, 0.2) is 0 Å². The van der Waals surface area contributed by atoms with Gasteiger partial charge in [-0.2, -0.15) is 0 Å². The number of hydrogen-bond donors (Lipinski definition) is 2. The molecule has 1 saturated carbocycles. The maximum Gasteiger partial charge on any atom is 0.219 e. The van der Waals surface area contributed by atoms with E-state index in [0.717, 1.165) is 25.3 Å². The number of carbonyl (C=O) groups is 1. The minimum absolute atomic E-state index is 0.0139. The molecule has 0 aromatic carbocycles. The standard InChI is InChI=1S/C10H20N2O/c1-3-12-10(7-9(11)13)5-4-8(2)6-10/h8,12H,3-7H2,1-2H3,(H2,11,13). The molecule has 0 aliphatic heterocycles. The average molecular weight is 184 g/mol. The van der Waals surface area contributed by atoms with Crippen LogP contribution in [0.25, 0.3) is 0 Å². The van der Waals surface area contributed by atoms with E-state index in [-0.39, 0.29) is 11.4 Å².